The summed E-state index contributed by atoms with van der Waals surface area (Å²) in [5.74, 6) is -0.535. The Bertz CT molecular complexity index is 510. The predicted molar refractivity (Wildman–Crippen MR) is 90.7 cm³/mol. The summed E-state index contributed by atoms with van der Waals surface area (Å²) in [6.45, 7) is 5.91. The number of hydrogen-bond donors (Lipinski definition) is 1. The molecule has 0 spiro atoms. The van der Waals surface area contributed by atoms with Crippen molar-refractivity contribution in [1.29, 1.82) is 0 Å². The zero-order valence-electron chi connectivity index (χ0n) is 14.3. The van der Waals surface area contributed by atoms with Crippen LogP contribution in [0.1, 0.15) is 32.6 Å². The van der Waals surface area contributed by atoms with Crippen LogP contribution in [0.15, 0.2) is 23.8 Å². The van der Waals surface area contributed by atoms with Crippen LogP contribution in [0.2, 0.25) is 0 Å². The number of rotatable bonds is 5. The summed E-state index contributed by atoms with van der Waals surface area (Å²) in [6, 6.07) is 0.345. The molecule has 2 saturated heterocycles. The minimum absolute atomic E-state index is 0.233. The van der Waals surface area contributed by atoms with E-state index in [2.05, 4.69) is 22.8 Å². The monoisotopic (exact) mass is 319 g/mol. The molecule has 0 aromatic rings. The zero-order chi connectivity index (χ0) is 16.4. The molecule has 2 fully saturated rings. The normalized spacial score (nSPS) is 35.7. The second-order valence-electron chi connectivity index (χ2n) is 6.98. The van der Waals surface area contributed by atoms with Gasteiger partial charge in [0, 0.05) is 32.8 Å². The zero-order valence-corrected chi connectivity index (χ0v) is 14.3. The largest absolute Gasteiger partial charge is 0.383 e. The maximum atomic E-state index is 12.4. The van der Waals surface area contributed by atoms with E-state index in [1.165, 1.54) is 18.4 Å². The van der Waals surface area contributed by atoms with Crippen LogP contribution < -0.4 is 5.73 Å². The van der Waals surface area contributed by atoms with E-state index >= 15 is 0 Å². The van der Waals surface area contributed by atoms with Crippen molar-refractivity contribution in [2.45, 2.75) is 44.3 Å². The van der Waals surface area contributed by atoms with Gasteiger partial charge in [-0.15, -0.1) is 0 Å². The molecule has 0 radical (unpaired) electrons. The summed E-state index contributed by atoms with van der Waals surface area (Å²) in [4.78, 5) is 17.4. The van der Waals surface area contributed by atoms with Gasteiger partial charge in [0.05, 0.1) is 12.5 Å². The van der Waals surface area contributed by atoms with Crippen LogP contribution in [0.25, 0.3) is 0 Å². The van der Waals surface area contributed by atoms with Crippen LogP contribution in [0.3, 0.4) is 0 Å². The molecule has 2 N–H and O–H groups in total. The number of ether oxygens (including phenoxy) is 1. The Labute approximate surface area is 139 Å². The molecule has 3 unspecified atom stereocenters. The van der Waals surface area contributed by atoms with Gasteiger partial charge in [-0.3, -0.25) is 14.6 Å². The number of likely N-dealkylation sites (tertiary alicyclic amines) is 2. The number of primary amides is 1. The van der Waals surface area contributed by atoms with E-state index < -0.39 is 5.66 Å². The molecule has 1 amide bonds. The third-order valence-corrected chi connectivity index (χ3v) is 5.73. The lowest BCUT2D eigenvalue weighted by Gasteiger charge is -2.54. The van der Waals surface area contributed by atoms with Gasteiger partial charge in [-0.1, -0.05) is 18.2 Å². The van der Waals surface area contributed by atoms with Gasteiger partial charge in [0.1, 0.15) is 5.66 Å². The topological polar surface area (TPSA) is 58.8 Å². The smallest absolute Gasteiger partial charge is 0.227 e. The molecule has 2 heterocycles. The number of nitrogens with zero attached hydrogens (tertiary/aromatic N) is 2. The number of carbonyl (C=O) groups excluding carboxylic acids is 1. The Morgan fingerprint density at radius 1 is 1.35 bits per heavy atom. The van der Waals surface area contributed by atoms with Gasteiger partial charge in [-0.2, -0.15) is 0 Å². The van der Waals surface area contributed by atoms with Crippen molar-refractivity contribution in [3.63, 3.8) is 0 Å². The molecular weight excluding hydrogens is 290 g/mol. The molecule has 23 heavy (non-hydrogen) atoms. The Kier molecular flexibility index (Phi) is 4.90. The summed E-state index contributed by atoms with van der Waals surface area (Å²) in [6.07, 6.45) is 10.8. The van der Waals surface area contributed by atoms with E-state index in [4.69, 9.17) is 10.5 Å². The standard InChI is InChI=1S/C18H29N3O2/c1-14-7-5-9-16(17(19)22)18(14,20-10-3-4-11-20)21-12-6-8-15(21)13-23-2/h5,7,9,15-16H,3-4,6,8,10-13H2,1-2H3,(H2,19,22). The molecule has 128 valence electrons. The maximum Gasteiger partial charge on any atom is 0.227 e. The van der Waals surface area contributed by atoms with Crippen molar-refractivity contribution in [1.82, 2.24) is 9.80 Å². The van der Waals surface area contributed by atoms with Crippen molar-refractivity contribution in [2.75, 3.05) is 33.4 Å². The van der Waals surface area contributed by atoms with E-state index in [0.717, 1.165) is 32.5 Å². The highest BCUT2D eigenvalue weighted by Crippen LogP contribution is 2.44. The molecular formula is C18H29N3O2. The average molecular weight is 319 g/mol. The SMILES string of the molecule is COCC1CCCN1C1(N2CCCC2)C(C)=CC=CC1C(N)=O. The summed E-state index contributed by atoms with van der Waals surface area (Å²) >= 11 is 0. The van der Waals surface area contributed by atoms with Crippen LogP contribution in [0.4, 0.5) is 0 Å². The fourth-order valence-corrected chi connectivity index (χ4v) is 4.85. The second-order valence-corrected chi connectivity index (χ2v) is 6.98. The number of hydrogen-bond acceptors (Lipinski definition) is 4. The summed E-state index contributed by atoms with van der Waals surface area (Å²) in [7, 11) is 1.76. The van der Waals surface area contributed by atoms with Crippen LogP contribution in [0.5, 0.6) is 0 Å². The van der Waals surface area contributed by atoms with Gasteiger partial charge in [0.15, 0.2) is 0 Å². The Hall–Kier alpha value is -1.17. The number of amides is 1. The summed E-state index contributed by atoms with van der Waals surface area (Å²) in [5.41, 5.74) is 6.68. The molecule has 0 aromatic heterocycles. The Balaban J connectivity index is 2.07. The molecule has 3 atom stereocenters. The van der Waals surface area contributed by atoms with E-state index in [0.29, 0.717) is 12.6 Å². The van der Waals surface area contributed by atoms with Crippen molar-refractivity contribution < 1.29 is 9.53 Å². The van der Waals surface area contributed by atoms with E-state index in [-0.39, 0.29) is 11.8 Å². The Morgan fingerprint density at radius 2 is 2.09 bits per heavy atom. The molecule has 0 bridgehead atoms. The quantitative estimate of drug-likeness (QED) is 0.834. The molecule has 2 aliphatic heterocycles. The van der Waals surface area contributed by atoms with E-state index in [9.17, 15) is 4.79 Å². The van der Waals surface area contributed by atoms with Gasteiger partial charge in [0.25, 0.3) is 0 Å². The highest BCUT2D eigenvalue weighted by molar-refractivity contribution is 5.81. The van der Waals surface area contributed by atoms with Crippen molar-refractivity contribution >= 4 is 5.91 Å². The first-order chi connectivity index (χ1) is 11.1. The minimum atomic E-state index is -0.406. The van der Waals surface area contributed by atoms with Crippen molar-refractivity contribution in [2.24, 2.45) is 11.7 Å². The number of carbonyl (C=O) groups is 1. The highest BCUT2D eigenvalue weighted by atomic mass is 16.5. The molecule has 5 nitrogen and oxygen atoms in total. The lowest BCUT2D eigenvalue weighted by Crippen LogP contribution is -2.68. The molecule has 0 aromatic carbocycles. The summed E-state index contributed by atoms with van der Waals surface area (Å²) < 4.78 is 5.47. The molecule has 0 saturated carbocycles. The van der Waals surface area contributed by atoms with Crippen molar-refractivity contribution in [3.8, 4) is 0 Å². The van der Waals surface area contributed by atoms with Gasteiger partial charge in [-0.25, -0.2) is 0 Å². The number of allylic oxidation sites excluding steroid dienone is 2. The van der Waals surface area contributed by atoms with Crippen LogP contribution in [0, 0.1) is 5.92 Å². The number of nitrogens with two attached hydrogens (primary N) is 1. The first-order valence-corrected chi connectivity index (χ1v) is 8.78. The van der Waals surface area contributed by atoms with Crippen LogP contribution in [-0.4, -0.2) is 60.8 Å². The van der Waals surface area contributed by atoms with Crippen LogP contribution in [-0.2, 0) is 9.53 Å². The lowest BCUT2D eigenvalue weighted by atomic mass is 9.78. The van der Waals surface area contributed by atoms with Gasteiger partial charge in [-0.05, 0) is 38.2 Å². The molecule has 1 aliphatic carbocycles. The molecule has 3 rings (SSSR count). The first kappa shape index (κ1) is 16.7. The average Bonchev–Trinajstić information content (AvgIpc) is 3.19. The van der Waals surface area contributed by atoms with Gasteiger partial charge >= 0.3 is 0 Å². The van der Waals surface area contributed by atoms with Crippen molar-refractivity contribution in [3.05, 3.63) is 23.8 Å². The predicted octanol–water partition coefficient (Wildman–Crippen LogP) is 1.51. The highest BCUT2D eigenvalue weighted by Gasteiger charge is 2.55. The van der Waals surface area contributed by atoms with Gasteiger partial charge in [0.2, 0.25) is 5.91 Å². The Morgan fingerprint density at radius 3 is 2.74 bits per heavy atom. The van der Waals surface area contributed by atoms with Gasteiger partial charge < -0.3 is 10.5 Å². The first-order valence-electron chi connectivity index (χ1n) is 8.78. The summed E-state index contributed by atoms with van der Waals surface area (Å²) in [5, 5.41) is 0. The molecule has 3 aliphatic rings. The van der Waals surface area contributed by atoms with Crippen LogP contribution >= 0.6 is 0 Å². The molecule has 5 heteroatoms. The fourth-order valence-electron chi connectivity index (χ4n) is 4.85. The third-order valence-electron chi connectivity index (χ3n) is 5.73. The lowest BCUT2D eigenvalue weighted by molar-refractivity contribution is -0.133. The minimum Gasteiger partial charge on any atom is -0.383 e. The maximum absolute atomic E-state index is 12.4. The fraction of sp³-hybridized carbons (Fsp3) is 0.722. The second kappa shape index (κ2) is 6.75. The number of methoxy groups -OCH3 is 1. The third kappa shape index (κ3) is 2.65. The van der Waals surface area contributed by atoms with E-state index in [1.807, 2.05) is 12.2 Å². The van der Waals surface area contributed by atoms with E-state index in [1.54, 1.807) is 7.11 Å².